The summed E-state index contributed by atoms with van der Waals surface area (Å²) in [7, 11) is 3.83. The molecule has 2 aromatic rings. The molecule has 122 valence electrons. The highest BCUT2D eigenvalue weighted by molar-refractivity contribution is 5.79. The van der Waals surface area contributed by atoms with Crippen molar-refractivity contribution >= 4 is 5.96 Å². The Balaban J connectivity index is 1.90. The van der Waals surface area contributed by atoms with E-state index < -0.39 is 0 Å². The van der Waals surface area contributed by atoms with Gasteiger partial charge in [0.1, 0.15) is 5.82 Å². The predicted molar refractivity (Wildman–Crippen MR) is 96.3 cm³/mol. The van der Waals surface area contributed by atoms with Crippen LogP contribution in [0.2, 0.25) is 0 Å². The molecular weight excluding hydrogens is 286 g/mol. The molecule has 1 aromatic heterocycles. The van der Waals surface area contributed by atoms with Crippen molar-refractivity contribution in [3.8, 4) is 11.3 Å². The fourth-order valence-corrected chi connectivity index (χ4v) is 2.34. The van der Waals surface area contributed by atoms with Gasteiger partial charge >= 0.3 is 0 Å². The number of imidazole rings is 1. The van der Waals surface area contributed by atoms with Crippen molar-refractivity contribution in [3.05, 3.63) is 55.0 Å². The lowest BCUT2D eigenvalue weighted by atomic mass is 10.2. The third-order valence-corrected chi connectivity index (χ3v) is 3.60. The fourth-order valence-electron chi connectivity index (χ4n) is 2.34. The maximum atomic E-state index is 4.43. The van der Waals surface area contributed by atoms with E-state index in [1.165, 1.54) is 0 Å². The van der Waals surface area contributed by atoms with Gasteiger partial charge in [-0.3, -0.25) is 4.99 Å². The lowest BCUT2D eigenvalue weighted by molar-refractivity contribution is 0.469. The Bertz CT molecular complexity index is 630. The largest absolute Gasteiger partial charge is 0.349 e. The molecular formula is C18H25N5. The van der Waals surface area contributed by atoms with Gasteiger partial charge in [0.05, 0.1) is 18.4 Å². The summed E-state index contributed by atoms with van der Waals surface area (Å²) >= 11 is 0. The molecule has 0 bridgehead atoms. The minimum Gasteiger partial charge on any atom is -0.349 e. The molecule has 0 saturated carbocycles. The Hall–Kier alpha value is -2.56. The van der Waals surface area contributed by atoms with Crippen molar-refractivity contribution in [2.24, 2.45) is 4.99 Å². The van der Waals surface area contributed by atoms with E-state index in [1.807, 2.05) is 37.5 Å². The van der Waals surface area contributed by atoms with E-state index in [-0.39, 0.29) is 0 Å². The molecule has 0 radical (unpaired) electrons. The first-order valence-corrected chi connectivity index (χ1v) is 7.86. The topological polar surface area (TPSA) is 56.3 Å². The van der Waals surface area contributed by atoms with Gasteiger partial charge in [0.2, 0.25) is 0 Å². The number of aromatic nitrogens is 2. The number of nitrogens with one attached hydrogen (secondary N) is 2. The summed E-state index contributed by atoms with van der Waals surface area (Å²) in [5.74, 6) is 1.76. The minimum absolute atomic E-state index is 0.616. The lowest BCUT2D eigenvalue weighted by Gasteiger charge is -2.21. The highest BCUT2D eigenvalue weighted by Crippen LogP contribution is 2.15. The van der Waals surface area contributed by atoms with E-state index in [1.54, 1.807) is 7.05 Å². The fraction of sp³-hybridized carbons (Fsp3) is 0.333. The predicted octanol–water partition coefficient (Wildman–Crippen LogP) is 3.05. The molecule has 0 amide bonds. The molecule has 0 aliphatic heterocycles. The number of nitrogens with zero attached hydrogens (tertiary/aromatic N) is 3. The standard InChI is InChI=1S/C18H25N5/c1-4-5-9-12-23(3)18(19-2)21-14-17-20-13-16(22-17)15-10-7-6-8-11-15/h4,6-8,10-11,13H,1,5,9,12,14H2,2-3H3,(H,19,21)(H,20,22). The van der Waals surface area contributed by atoms with Crippen LogP contribution in [0.25, 0.3) is 11.3 Å². The van der Waals surface area contributed by atoms with E-state index in [0.29, 0.717) is 6.54 Å². The van der Waals surface area contributed by atoms with Gasteiger partial charge in [-0.05, 0) is 18.4 Å². The molecule has 1 heterocycles. The first-order chi connectivity index (χ1) is 11.2. The molecule has 0 aliphatic rings. The number of allylic oxidation sites excluding steroid dienone is 1. The Kier molecular flexibility index (Phi) is 6.41. The summed E-state index contributed by atoms with van der Waals surface area (Å²) in [6.45, 7) is 5.31. The highest BCUT2D eigenvalue weighted by Gasteiger charge is 2.07. The second-order valence-corrected chi connectivity index (χ2v) is 5.36. The van der Waals surface area contributed by atoms with Crippen LogP contribution in [-0.4, -0.2) is 41.5 Å². The molecule has 5 nitrogen and oxygen atoms in total. The lowest BCUT2D eigenvalue weighted by Crippen LogP contribution is -2.39. The van der Waals surface area contributed by atoms with Gasteiger partial charge in [0.15, 0.2) is 5.96 Å². The van der Waals surface area contributed by atoms with E-state index >= 15 is 0 Å². The SMILES string of the molecule is C=CCCCN(C)C(=NC)NCc1ncc(-c2ccccc2)[nH]1. The van der Waals surface area contributed by atoms with Gasteiger partial charge in [-0.15, -0.1) is 6.58 Å². The average Bonchev–Trinajstić information content (AvgIpc) is 3.05. The number of aliphatic imine (C=N–C) groups is 1. The van der Waals surface area contributed by atoms with E-state index in [4.69, 9.17) is 0 Å². The van der Waals surface area contributed by atoms with Crippen LogP contribution < -0.4 is 5.32 Å². The Labute approximate surface area is 138 Å². The van der Waals surface area contributed by atoms with Gasteiger partial charge < -0.3 is 15.2 Å². The van der Waals surface area contributed by atoms with Crippen LogP contribution in [0.5, 0.6) is 0 Å². The van der Waals surface area contributed by atoms with Gasteiger partial charge in [-0.2, -0.15) is 0 Å². The molecule has 0 saturated heterocycles. The number of benzene rings is 1. The van der Waals surface area contributed by atoms with E-state index in [0.717, 1.165) is 42.4 Å². The molecule has 0 unspecified atom stereocenters. The first kappa shape index (κ1) is 16.8. The number of hydrogen-bond acceptors (Lipinski definition) is 2. The molecule has 1 aromatic carbocycles. The van der Waals surface area contributed by atoms with Crippen LogP contribution in [0.1, 0.15) is 18.7 Å². The third kappa shape index (κ3) is 4.98. The summed E-state index contributed by atoms with van der Waals surface area (Å²) < 4.78 is 0. The van der Waals surface area contributed by atoms with Gasteiger partial charge in [0.25, 0.3) is 0 Å². The zero-order valence-electron chi connectivity index (χ0n) is 13.9. The number of rotatable bonds is 7. The average molecular weight is 311 g/mol. The molecule has 0 aliphatic carbocycles. The van der Waals surface area contributed by atoms with Crippen LogP contribution in [0, 0.1) is 0 Å². The summed E-state index contributed by atoms with van der Waals surface area (Å²) in [6, 6.07) is 10.2. The minimum atomic E-state index is 0.616. The Morgan fingerprint density at radius 3 is 2.87 bits per heavy atom. The first-order valence-electron chi connectivity index (χ1n) is 7.86. The number of unbranched alkanes of at least 4 members (excludes halogenated alkanes) is 1. The molecule has 23 heavy (non-hydrogen) atoms. The highest BCUT2D eigenvalue weighted by atomic mass is 15.3. The number of aromatic amines is 1. The van der Waals surface area contributed by atoms with Crippen molar-refractivity contribution in [2.45, 2.75) is 19.4 Å². The molecule has 2 N–H and O–H groups in total. The van der Waals surface area contributed by atoms with Crippen molar-refractivity contribution in [2.75, 3.05) is 20.6 Å². The van der Waals surface area contributed by atoms with Gasteiger partial charge in [-0.25, -0.2) is 4.98 Å². The number of hydrogen-bond donors (Lipinski definition) is 2. The zero-order valence-corrected chi connectivity index (χ0v) is 13.9. The van der Waals surface area contributed by atoms with Gasteiger partial charge in [-0.1, -0.05) is 36.4 Å². The molecule has 0 atom stereocenters. The summed E-state index contributed by atoms with van der Waals surface area (Å²) in [4.78, 5) is 14.2. The van der Waals surface area contributed by atoms with E-state index in [2.05, 4.69) is 43.9 Å². The van der Waals surface area contributed by atoms with Crippen LogP contribution in [0.4, 0.5) is 0 Å². The maximum Gasteiger partial charge on any atom is 0.193 e. The van der Waals surface area contributed by atoms with Gasteiger partial charge in [0, 0.05) is 20.6 Å². The van der Waals surface area contributed by atoms with Crippen LogP contribution in [0.3, 0.4) is 0 Å². The Morgan fingerprint density at radius 2 is 2.17 bits per heavy atom. The second kappa shape index (κ2) is 8.78. The van der Waals surface area contributed by atoms with Crippen molar-refractivity contribution < 1.29 is 0 Å². The van der Waals surface area contributed by atoms with E-state index in [9.17, 15) is 0 Å². The van der Waals surface area contributed by atoms with Crippen LogP contribution in [-0.2, 0) is 6.54 Å². The van der Waals surface area contributed by atoms with Crippen LogP contribution in [0.15, 0.2) is 54.2 Å². The van der Waals surface area contributed by atoms with Crippen molar-refractivity contribution in [3.63, 3.8) is 0 Å². The quantitative estimate of drug-likeness (QED) is 0.358. The van der Waals surface area contributed by atoms with Crippen molar-refractivity contribution in [1.29, 1.82) is 0 Å². The number of guanidine groups is 1. The molecule has 2 rings (SSSR count). The summed E-state index contributed by atoms with van der Waals surface area (Å²) in [5.41, 5.74) is 2.16. The molecule has 0 spiro atoms. The smallest absolute Gasteiger partial charge is 0.193 e. The van der Waals surface area contributed by atoms with Crippen molar-refractivity contribution in [1.82, 2.24) is 20.2 Å². The summed E-state index contributed by atoms with van der Waals surface area (Å²) in [6.07, 6.45) is 5.89. The Morgan fingerprint density at radius 1 is 1.39 bits per heavy atom. The zero-order chi connectivity index (χ0) is 16.5. The normalized spacial score (nSPS) is 11.3. The maximum absolute atomic E-state index is 4.43. The molecule has 5 heteroatoms. The molecule has 0 fully saturated rings. The monoisotopic (exact) mass is 311 g/mol. The number of H-pyrrole nitrogens is 1. The second-order valence-electron chi connectivity index (χ2n) is 5.36. The third-order valence-electron chi connectivity index (χ3n) is 3.60. The summed E-state index contributed by atoms with van der Waals surface area (Å²) in [5, 5.41) is 3.33. The van der Waals surface area contributed by atoms with Crippen LogP contribution >= 0.6 is 0 Å².